The molecule has 0 fully saturated rings. The molecule has 1 heterocycles. The average Bonchev–Trinajstić information content (AvgIpc) is 2.71. The van der Waals surface area contributed by atoms with Crippen LogP contribution in [0, 0.1) is 0 Å². The van der Waals surface area contributed by atoms with E-state index in [1.54, 1.807) is 0 Å². The molecular weight excluding hydrogens is 210 g/mol. The van der Waals surface area contributed by atoms with Crippen molar-refractivity contribution < 1.29 is 4.74 Å². The molecule has 1 rings (SSSR count). The van der Waals surface area contributed by atoms with Gasteiger partial charge in [0.25, 0.3) is 0 Å². The van der Waals surface area contributed by atoms with Gasteiger partial charge in [-0.1, -0.05) is 11.4 Å². The molecule has 1 aromatic rings. The van der Waals surface area contributed by atoms with Crippen molar-refractivity contribution in [1.82, 2.24) is 14.9 Å². The number of ether oxygens (including phenoxy) is 1. The maximum atomic E-state index is 5.60. The molecule has 1 N–H and O–H groups in total. The van der Waals surface area contributed by atoms with Gasteiger partial charge in [-0.25, -0.2) is 0 Å². The van der Waals surface area contributed by atoms with Gasteiger partial charge >= 0.3 is 0 Å². The van der Waals surface area contributed by atoms with E-state index >= 15 is 0 Å². The minimum absolute atomic E-state index is 0.172. The second kappa shape index (κ2) is 6.87. The second-order valence-corrected chi connectivity index (χ2v) is 4.33. The van der Waals surface area contributed by atoms with E-state index in [0.29, 0.717) is 6.61 Å². The van der Waals surface area contributed by atoms with Crippen LogP contribution in [-0.2, 0) is 4.74 Å². The maximum Gasteiger partial charge on any atom is 0.0948 e. The van der Waals surface area contributed by atoms with Crippen molar-refractivity contribution in [3.05, 3.63) is 11.1 Å². The molecule has 86 valence electrons. The quantitative estimate of drug-likeness (QED) is 0.777. The Morgan fingerprint density at radius 3 is 2.87 bits per heavy atom. The van der Waals surface area contributed by atoms with Crippen LogP contribution in [0.25, 0.3) is 0 Å². The lowest BCUT2D eigenvalue weighted by molar-refractivity contribution is 0.0603. The fourth-order valence-corrected chi connectivity index (χ4v) is 1.69. The van der Waals surface area contributed by atoms with Crippen LogP contribution in [0.5, 0.6) is 0 Å². The predicted octanol–water partition coefficient (Wildman–Crippen LogP) is 2.00. The first-order valence-corrected chi connectivity index (χ1v) is 6.19. The normalized spacial score (nSPS) is 13.3. The fourth-order valence-electron chi connectivity index (χ4n) is 1.18. The molecule has 0 bridgehead atoms. The lowest BCUT2D eigenvalue weighted by atomic mass is 10.2. The van der Waals surface area contributed by atoms with Gasteiger partial charge < -0.3 is 10.1 Å². The molecule has 15 heavy (non-hydrogen) atoms. The molecule has 0 saturated heterocycles. The van der Waals surface area contributed by atoms with E-state index in [-0.39, 0.29) is 12.1 Å². The van der Waals surface area contributed by atoms with Crippen LogP contribution in [0.4, 0.5) is 0 Å². The summed E-state index contributed by atoms with van der Waals surface area (Å²) < 4.78 is 9.47. The van der Waals surface area contributed by atoms with E-state index < -0.39 is 0 Å². The maximum absolute atomic E-state index is 5.60. The largest absolute Gasteiger partial charge is 0.377 e. The molecule has 1 aromatic heterocycles. The Kier molecular flexibility index (Phi) is 5.75. The summed E-state index contributed by atoms with van der Waals surface area (Å²) in [7, 11) is 0. The highest BCUT2D eigenvalue weighted by Crippen LogP contribution is 2.12. The van der Waals surface area contributed by atoms with Gasteiger partial charge in [-0.15, -0.1) is 5.10 Å². The third kappa shape index (κ3) is 4.68. The summed E-state index contributed by atoms with van der Waals surface area (Å²) >= 11 is 1.38. The highest BCUT2D eigenvalue weighted by Gasteiger charge is 2.14. The molecule has 4 nitrogen and oxygen atoms in total. The minimum Gasteiger partial charge on any atom is -0.377 e. The van der Waals surface area contributed by atoms with Gasteiger partial charge in [0.05, 0.1) is 24.4 Å². The molecule has 0 saturated carbocycles. The van der Waals surface area contributed by atoms with E-state index in [4.69, 9.17) is 4.74 Å². The lowest BCUT2D eigenvalue weighted by Gasteiger charge is -2.17. The Balaban J connectivity index is 2.46. The molecule has 0 aromatic carbocycles. The monoisotopic (exact) mass is 229 g/mol. The Morgan fingerprint density at radius 2 is 2.33 bits per heavy atom. The van der Waals surface area contributed by atoms with Crippen LogP contribution in [0.1, 0.15) is 38.9 Å². The SMILES string of the molecule is CCCNC(COC(C)C)c1csnn1. The molecule has 0 aliphatic rings. The summed E-state index contributed by atoms with van der Waals surface area (Å²) in [4.78, 5) is 0. The van der Waals surface area contributed by atoms with Crippen molar-refractivity contribution in [2.24, 2.45) is 0 Å². The van der Waals surface area contributed by atoms with Crippen molar-refractivity contribution in [3.8, 4) is 0 Å². The second-order valence-electron chi connectivity index (χ2n) is 3.72. The van der Waals surface area contributed by atoms with E-state index in [2.05, 4.69) is 21.8 Å². The number of aromatic nitrogens is 2. The van der Waals surface area contributed by atoms with E-state index in [0.717, 1.165) is 18.7 Å². The van der Waals surface area contributed by atoms with Crippen LogP contribution in [0.3, 0.4) is 0 Å². The third-order valence-corrected chi connectivity index (χ3v) is 2.49. The minimum atomic E-state index is 0.172. The van der Waals surface area contributed by atoms with Gasteiger partial charge in [0.15, 0.2) is 0 Å². The summed E-state index contributed by atoms with van der Waals surface area (Å²) in [6.07, 6.45) is 1.36. The van der Waals surface area contributed by atoms with E-state index in [1.165, 1.54) is 11.5 Å². The number of rotatable bonds is 7. The Hall–Kier alpha value is -0.520. The Bertz CT molecular complexity index is 251. The molecule has 0 amide bonds. The predicted molar refractivity (Wildman–Crippen MR) is 62.0 cm³/mol. The van der Waals surface area contributed by atoms with Crippen LogP contribution < -0.4 is 5.32 Å². The van der Waals surface area contributed by atoms with E-state index in [1.807, 2.05) is 19.2 Å². The molecule has 0 aliphatic carbocycles. The van der Waals surface area contributed by atoms with Gasteiger partial charge in [0, 0.05) is 5.38 Å². The molecular formula is C10H19N3OS. The van der Waals surface area contributed by atoms with Gasteiger partial charge in [-0.05, 0) is 38.3 Å². The number of hydrogen-bond donors (Lipinski definition) is 1. The van der Waals surface area contributed by atoms with Crippen molar-refractivity contribution in [1.29, 1.82) is 0 Å². The van der Waals surface area contributed by atoms with Crippen molar-refractivity contribution in [2.75, 3.05) is 13.2 Å². The van der Waals surface area contributed by atoms with Gasteiger partial charge in [-0.2, -0.15) is 0 Å². The summed E-state index contributed by atoms with van der Waals surface area (Å²) in [5.41, 5.74) is 0.981. The summed E-state index contributed by atoms with van der Waals surface area (Å²) in [6, 6.07) is 0.172. The molecule has 5 heteroatoms. The van der Waals surface area contributed by atoms with Crippen LogP contribution in [0.15, 0.2) is 5.38 Å². The lowest BCUT2D eigenvalue weighted by Crippen LogP contribution is -2.27. The van der Waals surface area contributed by atoms with Gasteiger partial charge in [0.2, 0.25) is 0 Å². The topological polar surface area (TPSA) is 47.0 Å². The van der Waals surface area contributed by atoms with Crippen LogP contribution in [0.2, 0.25) is 0 Å². The van der Waals surface area contributed by atoms with E-state index in [9.17, 15) is 0 Å². The van der Waals surface area contributed by atoms with Crippen LogP contribution in [-0.4, -0.2) is 28.8 Å². The first kappa shape index (κ1) is 12.5. The zero-order chi connectivity index (χ0) is 11.1. The highest BCUT2D eigenvalue weighted by molar-refractivity contribution is 7.03. The number of hydrogen-bond acceptors (Lipinski definition) is 5. The van der Waals surface area contributed by atoms with Gasteiger partial charge in [0.1, 0.15) is 0 Å². The zero-order valence-electron chi connectivity index (χ0n) is 9.56. The number of nitrogens with zero attached hydrogens (tertiary/aromatic N) is 2. The summed E-state index contributed by atoms with van der Waals surface area (Å²) in [6.45, 7) is 7.85. The molecule has 1 atom stereocenters. The smallest absolute Gasteiger partial charge is 0.0948 e. The first-order chi connectivity index (χ1) is 7.24. The van der Waals surface area contributed by atoms with Crippen LogP contribution >= 0.6 is 11.5 Å². The Morgan fingerprint density at radius 1 is 1.53 bits per heavy atom. The fraction of sp³-hybridized carbons (Fsp3) is 0.800. The van der Waals surface area contributed by atoms with Gasteiger partial charge in [-0.3, -0.25) is 0 Å². The van der Waals surface area contributed by atoms with Crippen molar-refractivity contribution in [2.45, 2.75) is 39.3 Å². The standard InChI is InChI=1S/C10H19N3OS/c1-4-5-11-9(6-14-8(2)3)10-7-15-13-12-10/h7-9,11H,4-6H2,1-3H3. The third-order valence-electron chi connectivity index (χ3n) is 1.97. The summed E-state index contributed by atoms with van der Waals surface area (Å²) in [5, 5.41) is 9.45. The summed E-state index contributed by atoms with van der Waals surface area (Å²) in [5.74, 6) is 0. The zero-order valence-corrected chi connectivity index (χ0v) is 10.4. The number of nitrogens with one attached hydrogen (secondary N) is 1. The molecule has 0 radical (unpaired) electrons. The van der Waals surface area contributed by atoms with Crippen molar-refractivity contribution >= 4 is 11.5 Å². The highest BCUT2D eigenvalue weighted by atomic mass is 32.1. The molecule has 0 aliphatic heterocycles. The average molecular weight is 229 g/mol. The Labute approximate surface area is 95.2 Å². The molecule has 1 unspecified atom stereocenters. The first-order valence-electron chi connectivity index (χ1n) is 5.36. The molecule has 0 spiro atoms. The van der Waals surface area contributed by atoms with Crippen molar-refractivity contribution in [3.63, 3.8) is 0 Å².